The van der Waals surface area contributed by atoms with Crippen molar-refractivity contribution in [2.45, 2.75) is 24.3 Å². The first-order valence-electron chi connectivity index (χ1n) is 9.73. The Labute approximate surface area is 198 Å². The Hall–Kier alpha value is -2.79. The van der Waals surface area contributed by atoms with Gasteiger partial charge in [0.05, 0.1) is 25.3 Å². The van der Waals surface area contributed by atoms with Crippen LogP contribution >= 0.6 is 27.7 Å². The third-order valence-corrected chi connectivity index (χ3v) is 6.37. The van der Waals surface area contributed by atoms with E-state index < -0.39 is 5.25 Å². The molecule has 1 heterocycles. The molecule has 2 aromatic carbocycles. The molecule has 0 unspecified atom stereocenters. The number of ether oxygens (including phenoxy) is 3. The van der Waals surface area contributed by atoms with Crippen LogP contribution in [0.2, 0.25) is 0 Å². The molecule has 0 spiro atoms. The summed E-state index contributed by atoms with van der Waals surface area (Å²) in [5, 5.41) is 20.0. The van der Waals surface area contributed by atoms with Crippen LogP contribution in [-0.2, 0) is 0 Å². The number of halogens is 1. The van der Waals surface area contributed by atoms with Gasteiger partial charge in [-0.25, -0.2) is 0 Å². The van der Waals surface area contributed by atoms with E-state index in [0.717, 1.165) is 11.4 Å². The van der Waals surface area contributed by atoms with E-state index in [-0.39, 0.29) is 11.5 Å². The normalized spacial score (nSPS) is 11.8. The van der Waals surface area contributed by atoms with Crippen LogP contribution in [-0.4, -0.2) is 47.1 Å². The van der Waals surface area contributed by atoms with E-state index in [1.165, 1.54) is 11.8 Å². The Morgan fingerprint density at radius 1 is 1.19 bits per heavy atom. The molecule has 170 valence electrons. The number of aromatic nitrogens is 3. The summed E-state index contributed by atoms with van der Waals surface area (Å²) in [5.41, 5.74) is 1.55. The molecule has 11 heteroatoms. The molecule has 32 heavy (non-hydrogen) atoms. The zero-order valence-corrected chi connectivity index (χ0v) is 20.5. The van der Waals surface area contributed by atoms with Crippen LogP contribution in [0, 0.1) is 17.0 Å². The van der Waals surface area contributed by atoms with Gasteiger partial charge in [0.15, 0.2) is 16.7 Å². The van der Waals surface area contributed by atoms with Crippen molar-refractivity contribution in [3.05, 3.63) is 62.4 Å². The number of methoxy groups -OCH3 is 2. The maximum Gasteiger partial charge on any atom is 0.220 e. The van der Waals surface area contributed by atoms with Crippen LogP contribution in [0.3, 0.4) is 0 Å². The maximum atomic E-state index is 11.5. The van der Waals surface area contributed by atoms with Crippen LogP contribution in [0.25, 0.3) is 5.69 Å². The minimum atomic E-state index is -0.535. The molecular formula is C21H23BrN4O5S. The molecule has 0 saturated carbocycles. The van der Waals surface area contributed by atoms with Crippen LogP contribution < -0.4 is 14.2 Å². The van der Waals surface area contributed by atoms with Gasteiger partial charge in [-0.15, -0.1) is 10.2 Å². The van der Waals surface area contributed by atoms with Gasteiger partial charge in [0.1, 0.15) is 16.8 Å². The Morgan fingerprint density at radius 2 is 1.91 bits per heavy atom. The topological polar surface area (TPSA) is 102 Å². The average molecular weight is 523 g/mol. The number of aryl methyl sites for hydroxylation is 1. The summed E-state index contributed by atoms with van der Waals surface area (Å²) in [7, 11) is 3.15. The predicted octanol–water partition coefficient (Wildman–Crippen LogP) is 4.86. The van der Waals surface area contributed by atoms with E-state index in [1.54, 1.807) is 20.3 Å². The zero-order chi connectivity index (χ0) is 23.3. The number of nitrogens with zero attached hydrogens (tertiary/aromatic N) is 4. The van der Waals surface area contributed by atoms with Crippen molar-refractivity contribution in [1.29, 1.82) is 0 Å². The Morgan fingerprint density at radius 3 is 2.50 bits per heavy atom. The van der Waals surface area contributed by atoms with Crippen molar-refractivity contribution in [3.8, 4) is 22.9 Å². The highest BCUT2D eigenvalue weighted by Crippen LogP contribution is 2.43. The minimum Gasteiger partial charge on any atom is -0.497 e. The van der Waals surface area contributed by atoms with Gasteiger partial charge in [-0.2, -0.15) is 0 Å². The fourth-order valence-corrected chi connectivity index (χ4v) is 4.93. The molecule has 0 fully saturated rings. The SMILES string of the molecule is CCOc1cc([C@H](C[N+](=O)[O-])Sc2nnc(C)n2-c2ccc(OC)cc2)cc(Br)c1OC. The van der Waals surface area contributed by atoms with Crippen molar-refractivity contribution in [2.75, 3.05) is 27.4 Å². The Bertz CT molecular complexity index is 1090. The third kappa shape index (κ3) is 5.33. The summed E-state index contributed by atoms with van der Waals surface area (Å²) in [6, 6.07) is 11.0. The second-order valence-electron chi connectivity index (χ2n) is 6.65. The van der Waals surface area contributed by atoms with Crippen LogP contribution in [0.1, 0.15) is 23.6 Å². The molecule has 0 bridgehead atoms. The first kappa shape index (κ1) is 23.9. The second-order valence-corrected chi connectivity index (χ2v) is 8.68. The number of rotatable bonds is 10. The molecule has 0 N–H and O–H groups in total. The standard InChI is InChI=1S/C21H23BrN4O5S/c1-5-31-18-11-14(10-17(22)20(18)30-4)19(12-25(27)28)32-21-24-23-13(2)26(21)15-6-8-16(29-3)9-7-15/h6-11,19H,5,12H2,1-4H3/t19-/m0/s1. The minimum absolute atomic E-state index is 0.302. The fraction of sp³-hybridized carbons (Fsp3) is 0.333. The molecule has 0 radical (unpaired) electrons. The lowest BCUT2D eigenvalue weighted by atomic mass is 10.1. The van der Waals surface area contributed by atoms with E-state index in [4.69, 9.17) is 14.2 Å². The lowest BCUT2D eigenvalue weighted by Gasteiger charge is -2.18. The first-order chi connectivity index (χ1) is 15.4. The number of hydrogen-bond donors (Lipinski definition) is 0. The molecule has 0 aliphatic carbocycles. The fourth-order valence-electron chi connectivity index (χ4n) is 3.16. The van der Waals surface area contributed by atoms with Crippen molar-refractivity contribution < 1.29 is 19.1 Å². The summed E-state index contributed by atoms with van der Waals surface area (Å²) in [4.78, 5) is 11.2. The highest BCUT2D eigenvalue weighted by molar-refractivity contribution is 9.10. The van der Waals surface area contributed by atoms with Crippen LogP contribution in [0.5, 0.6) is 17.2 Å². The predicted molar refractivity (Wildman–Crippen MR) is 125 cm³/mol. The van der Waals surface area contributed by atoms with Gasteiger partial charge in [-0.1, -0.05) is 11.8 Å². The Kier molecular flexibility index (Phi) is 7.97. The lowest BCUT2D eigenvalue weighted by molar-refractivity contribution is -0.479. The summed E-state index contributed by atoms with van der Waals surface area (Å²) in [6.45, 7) is 3.83. The van der Waals surface area contributed by atoms with Gasteiger partial charge in [-0.3, -0.25) is 14.7 Å². The number of hydrogen-bond acceptors (Lipinski definition) is 8. The molecule has 0 amide bonds. The van der Waals surface area contributed by atoms with Crippen molar-refractivity contribution in [1.82, 2.24) is 14.8 Å². The molecule has 0 aliphatic heterocycles. The summed E-state index contributed by atoms with van der Waals surface area (Å²) in [5.74, 6) is 2.45. The highest BCUT2D eigenvalue weighted by atomic mass is 79.9. The quantitative estimate of drug-likeness (QED) is 0.211. The van der Waals surface area contributed by atoms with Crippen molar-refractivity contribution >= 4 is 27.7 Å². The molecule has 1 aromatic heterocycles. The van der Waals surface area contributed by atoms with E-state index in [9.17, 15) is 10.1 Å². The van der Waals surface area contributed by atoms with Gasteiger partial charge in [-0.05, 0) is 71.7 Å². The lowest BCUT2D eigenvalue weighted by Crippen LogP contribution is -2.12. The van der Waals surface area contributed by atoms with Crippen molar-refractivity contribution in [3.63, 3.8) is 0 Å². The largest absolute Gasteiger partial charge is 0.497 e. The van der Waals surface area contributed by atoms with Gasteiger partial charge in [0.2, 0.25) is 6.54 Å². The number of nitro groups is 1. The van der Waals surface area contributed by atoms with Gasteiger partial charge < -0.3 is 14.2 Å². The molecule has 0 saturated heterocycles. The highest BCUT2D eigenvalue weighted by Gasteiger charge is 2.26. The zero-order valence-electron chi connectivity index (χ0n) is 18.1. The third-order valence-electron chi connectivity index (χ3n) is 4.60. The summed E-state index contributed by atoms with van der Waals surface area (Å²) in [6.07, 6.45) is 0. The number of benzene rings is 2. The summed E-state index contributed by atoms with van der Waals surface area (Å²) < 4.78 is 18.8. The van der Waals surface area contributed by atoms with E-state index in [2.05, 4.69) is 26.1 Å². The first-order valence-corrected chi connectivity index (χ1v) is 11.4. The van der Waals surface area contributed by atoms with Gasteiger partial charge in [0.25, 0.3) is 0 Å². The van der Waals surface area contributed by atoms with E-state index in [0.29, 0.717) is 39.1 Å². The smallest absolute Gasteiger partial charge is 0.220 e. The second kappa shape index (κ2) is 10.7. The average Bonchev–Trinajstić information content (AvgIpc) is 3.13. The molecule has 1 atom stereocenters. The van der Waals surface area contributed by atoms with Gasteiger partial charge in [0, 0.05) is 10.6 Å². The van der Waals surface area contributed by atoms with E-state index in [1.807, 2.05) is 48.7 Å². The maximum absolute atomic E-state index is 11.5. The van der Waals surface area contributed by atoms with E-state index >= 15 is 0 Å². The molecule has 0 aliphatic rings. The number of thioether (sulfide) groups is 1. The molecule has 3 rings (SSSR count). The Balaban J connectivity index is 2.02. The van der Waals surface area contributed by atoms with Crippen LogP contribution in [0.4, 0.5) is 0 Å². The molecular weight excluding hydrogens is 500 g/mol. The van der Waals surface area contributed by atoms with Crippen LogP contribution in [0.15, 0.2) is 46.0 Å². The summed E-state index contributed by atoms with van der Waals surface area (Å²) >= 11 is 4.76. The molecule has 9 nitrogen and oxygen atoms in total. The monoisotopic (exact) mass is 522 g/mol. The van der Waals surface area contributed by atoms with Crippen molar-refractivity contribution in [2.24, 2.45) is 0 Å². The van der Waals surface area contributed by atoms with Gasteiger partial charge >= 0.3 is 0 Å². The molecule has 3 aromatic rings.